The number of rotatable bonds is 11. The van der Waals surface area contributed by atoms with Crippen molar-refractivity contribution >= 4 is 34.8 Å². The fourth-order valence-electron chi connectivity index (χ4n) is 7.86. The summed E-state index contributed by atoms with van der Waals surface area (Å²) in [6, 6.07) is 10.5. The van der Waals surface area contributed by atoms with Crippen molar-refractivity contribution in [3.8, 4) is 33.9 Å². The second-order valence-electron chi connectivity index (χ2n) is 15.5. The van der Waals surface area contributed by atoms with Gasteiger partial charge in [-0.05, 0) is 60.4 Å². The summed E-state index contributed by atoms with van der Waals surface area (Å²) in [5.74, 6) is 0.826. The highest BCUT2D eigenvalue weighted by molar-refractivity contribution is 5.90. The maximum atomic E-state index is 13.6. The zero-order chi connectivity index (χ0) is 41.1. The monoisotopic (exact) mass is 790 g/mol. The van der Waals surface area contributed by atoms with Gasteiger partial charge in [-0.15, -0.1) is 0 Å². The Morgan fingerprint density at radius 2 is 1.10 bits per heavy atom. The number of H-pyrrole nitrogens is 2. The number of fused-ring (bicyclic) bond motifs is 1. The average molecular weight is 791 g/mol. The average Bonchev–Trinajstić information content (AvgIpc) is 4.07. The van der Waals surface area contributed by atoms with E-state index in [9.17, 15) is 19.2 Å². The Bertz CT molecular complexity index is 2290. The first-order valence-electron chi connectivity index (χ1n) is 19.7. The number of aromatic nitrogens is 6. The van der Waals surface area contributed by atoms with Crippen molar-refractivity contribution in [3.05, 3.63) is 72.8 Å². The summed E-state index contributed by atoms with van der Waals surface area (Å²) in [6.45, 7) is 8.72. The van der Waals surface area contributed by atoms with Gasteiger partial charge < -0.3 is 39.9 Å². The van der Waals surface area contributed by atoms with Gasteiger partial charge in [0.1, 0.15) is 29.4 Å². The van der Waals surface area contributed by atoms with Gasteiger partial charge in [-0.1, -0.05) is 52.0 Å². The minimum atomic E-state index is -0.709. The molecule has 0 aliphatic carbocycles. The summed E-state index contributed by atoms with van der Waals surface area (Å²) in [4.78, 5) is 80.1. The van der Waals surface area contributed by atoms with Crippen LogP contribution in [0.3, 0.4) is 0 Å². The molecule has 4 N–H and O–H groups in total. The molecule has 2 saturated heterocycles. The number of amides is 4. The second kappa shape index (κ2) is 17.0. The SMILES string of the molecule is COC(=O)NC(C(=O)N1CCCC1c1ncc(-c2ccc3cc(-c4cnc(-c5cnc(C6CCCN6C(=O)C(NC(=O)OC)C(C)C)[nH]5)cn4)ccc3c2)[nH]1)C(C)C. The smallest absolute Gasteiger partial charge is 0.407 e. The molecule has 2 aromatic carbocycles. The van der Waals surface area contributed by atoms with Crippen molar-refractivity contribution in [2.45, 2.75) is 77.5 Å². The van der Waals surface area contributed by atoms with Crippen LogP contribution in [-0.2, 0) is 19.1 Å². The van der Waals surface area contributed by atoms with Crippen molar-refractivity contribution in [1.29, 1.82) is 0 Å². The molecule has 5 aromatic rings. The molecule has 2 aliphatic rings. The summed E-state index contributed by atoms with van der Waals surface area (Å²) >= 11 is 0. The maximum Gasteiger partial charge on any atom is 0.407 e. The number of likely N-dealkylation sites (tertiary alicyclic amines) is 2. The van der Waals surface area contributed by atoms with Crippen molar-refractivity contribution in [2.24, 2.45) is 11.8 Å². The van der Waals surface area contributed by atoms with Crippen LogP contribution in [0.5, 0.6) is 0 Å². The Balaban J connectivity index is 1.02. The van der Waals surface area contributed by atoms with Gasteiger partial charge in [-0.25, -0.2) is 19.6 Å². The van der Waals surface area contributed by atoms with Gasteiger partial charge in [0.15, 0.2) is 0 Å². The molecule has 5 heterocycles. The first-order chi connectivity index (χ1) is 27.9. The Morgan fingerprint density at radius 3 is 1.60 bits per heavy atom. The number of ether oxygens (including phenoxy) is 2. The number of imidazole rings is 2. The zero-order valence-electron chi connectivity index (χ0n) is 33.6. The first-order valence-corrected chi connectivity index (χ1v) is 19.7. The third kappa shape index (κ3) is 8.22. The van der Waals surface area contributed by atoms with E-state index in [1.807, 2.05) is 39.8 Å². The third-order valence-electron chi connectivity index (χ3n) is 11.1. The van der Waals surface area contributed by atoms with E-state index in [0.29, 0.717) is 36.1 Å². The lowest BCUT2D eigenvalue weighted by Gasteiger charge is -2.30. The lowest BCUT2D eigenvalue weighted by atomic mass is 10.0. The largest absolute Gasteiger partial charge is 0.453 e. The van der Waals surface area contributed by atoms with Crippen LogP contribution in [0.25, 0.3) is 44.7 Å². The first kappa shape index (κ1) is 39.9. The zero-order valence-corrected chi connectivity index (χ0v) is 33.6. The van der Waals surface area contributed by atoms with E-state index >= 15 is 0 Å². The quantitative estimate of drug-likeness (QED) is 0.120. The van der Waals surface area contributed by atoms with E-state index in [-0.39, 0.29) is 35.7 Å². The van der Waals surface area contributed by atoms with Gasteiger partial charge in [-0.3, -0.25) is 19.6 Å². The number of aromatic amines is 2. The molecule has 0 radical (unpaired) electrons. The Kier molecular flexibility index (Phi) is 11.7. The Hall–Kier alpha value is -6.32. The van der Waals surface area contributed by atoms with Crippen LogP contribution in [0, 0.1) is 11.8 Å². The predicted molar refractivity (Wildman–Crippen MR) is 216 cm³/mol. The second-order valence-corrected chi connectivity index (χ2v) is 15.5. The molecule has 16 nitrogen and oxygen atoms in total. The summed E-state index contributed by atoms with van der Waals surface area (Å²) in [6.07, 6.45) is 8.87. The fourth-order valence-corrected chi connectivity index (χ4v) is 7.86. The molecule has 0 saturated carbocycles. The van der Waals surface area contributed by atoms with Crippen LogP contribution < -0.4 is 10.6 Å². The lowest BCUT2D eigenvalue weighted by Crippen LogP contribution is -2.51. The summed E-state index contributed by atoms with van der Waals surface area (Å²) in [7, 11) is 2.57. The summed E-state index contributed by atoms with van der Waals surface area (Å²) in [5, 5.41) is 7.45. The van der Waals surface area contributed by atoms with Crippen LogP contribution in [0.2, 0.25) is 0 Å². The number of nitrogens with one attached hydrogen (secondary N) is 4. The van der Waals surface area contributed by atoms with Crippen LogP contribution >= 0.6 is 0 Å². The minimum Gasteiger partial charge on any atom is -0.453 e. The molecule has 4 amide bonds. The number of nitrogens with zero attached hydrogens (tertiary/aromatic N) is 6. The van der Waals surface area contributed by atoms with Gasteiger partial charge in [-0.2, -0.15) is 0 Å². The summed E-state index contributed by atoms with van der Waals surface area (Å²) < 4.78 is 9.51. The molecule has 16 heteroatoms. The summed E-state index contributed by atoms with van der Waals surface area (Å²) in [5.41, 5.74) is 4.76. The highest BCUT2D eigenvalue weighted by Crippen LogP contribution is 2.35. The molecule has 2 aliphatic heterocycles. The molecule has 3 aromatic heterocycles. The fraction of sp³-hybridized carbons (Fsp3) is 0.429. The van der Waals surface area contributed by atoms with E-state index in [1.54, 1.807) is 34.6 Å². The minimum absolute atomic E-state index is 0.112. The highest BCUT2D eigenvalue weighted by Gasteiger charge is 2.39. The lowest BCUT2D eigenvalue weighted by molar-refractivity contribution is -0.136. The van der Waals surface area contributed by atoms with E-state index < -0.39 is 24.3 Å². The predicted octanol–water partition coefficient (Wildman–Crippen LogP) is 6.17. The van der Waals surface area contributed by atoms with Crippen LogP contribution in [0.15, 0.2) is 61.2 Å². The van der Waals surface area contributed by atoms with Gasteiger partial charge in [0.25, 0.3) is 0 Å². The van der Waals surface area contributed by atoms with Crippen LogP contribution in [-0.4, -0.2) is 103 Å². The van der Waals surface area contributed by atoms with E-state index in [2.05, 4.69) is 49.9 Å². The Morgan fingerprint density at radius 1 is 0.638 bits per heavy atom. The van der Waals surface area contributed by atoms with Crippen molar-refractivity contribution in [1.82, 2.24) is 50.3 Å². The third-order valence-corrected chi connectivity index (χ3v) is 11.1. The number of benzene rings is 2. The molecule has 4 atom stereocenters. The van der Waals surface area contributed by atoms with Gasteiger partial charge in [0.05, 0.1) is 68.2 Å². The number of hydrogen-bond donors (Lipinski definition) is 4. The van der Waals surface area contributed by atoms with Crippen molar-refractivity contribution in [3.63, 3.8) is 0 Å². The van der Waals surface area contributed by atoms with Crippen LogP contribution in [0.4, 0.5) is 9.59 Å². The van der Waals surface area contributed by atoms with Gasteiger partial charge in [0.2, 0.25) is 11.8 Å². The number of carbonyl (C=O) groups is 4. The molecular formula is C42H50N10O6. The van der Waals surface area contributed by atoms with E-state index in [4.69, 9.17) is 24.4 Å². The number of methoxy groups -OCH3 is 2. The molecule has 0 spiro atoms. The van der Waals surface area contributed by atoms with Crippen molar-refractivity contribution < 1.29 is 28.7 Å². The van der Waals surface area contributed by atoms with E-state index in [1.165, 1.54) is 14.2 Å². The van der Waals surface area contributed by atoms with Crippen LogP contribution in [0.1, 0.15) is 77.1 Å². The molecule has 304 valence electrons. The molecule has 7 rings (SSSR count). The molecule has 4 unspecified atom stereocenters. The Labute approximate surface area is 336 Å². The molecule has 58 heavy (non-hydrogen) atoms. The number of hydrogen-bond acceptors (Lipinski definition) is 10. The standard InChI is InChI=1S/C42H50N10O6/c1-23(2)35(49-41(55)57-5)39(53)51-15-7-9-33(51)37-45-20-30(47-37)28-14-12-25-17-27(13-11-26(25)18-28)29-19-44-31(21-43-29)32-22-46-38(48-32)34-10-8-16-52(34)40(54)36(24(3)4)50-42(56)58-6/h11-14,17-24,33-36H,7-10,15-16H2,1-6H3,(H,45,47)(H,46,48)(H,49,55)(H,50,56). The number of alkyl carbamates (subject to hydrolysis) is 2. The molecule has 2 fully saturated rings. The van der Waals surface area contributed by atoms with E-state index in [0.717, 1.165) is 59.0 Å². The highest BCUT2D eigenvalue weighted by atomic mass is 16.5. The van der Waals surface area contributed by atoms with Crippen molar-refractivity contribution in [2.75, 3.05) is 27.3 Å². The maximum absolute atomic E-state index is 13.6. The van der Waals surface area contributed by atoms with Gasteiger partial charge >= 0.3 is 12.2 Å². The number of carbonyl (C=O) groups excluding carboxylic acids is 4. The topological polar surface area (TPSA) is 200 Å². The molecule has 0 bridgehead atoms. The normalized spacial score (nSPS) is 17.8. The van der Waals surface area contributed by atoms with Gasteiger partial charge in [0, 0.05) is 24.2 Å². The molecular weight excluding hydrogens is 741 g/mol.